The molecule has 2 amide bonds. The predicted octanol–water partition coefficient (Wildman–Crippen LogP) is 4.07. The molecule has 1 heterocycles. The van der Waals surface area contributed by atoms with E-state index in [1.807, 2.05) is 32.0 Å². The molecule has 2 N–H and O–H groups in total. The van der Waals surface area contributed by atoms with Gasteiger partial charge in [-0.1, -0.05) is 28.1 Å². The summed E-state index contributed by atoms with van der Waals surface area (Å²) >= 11 is 3.63. The zero-order valence-electron chi connectivity index (χ0n) is 17.2. The van der Waals surface area contributed by atoms with Crippen LogP contribution in [0.3, 0.4) is 0 Å². The first kappa shape index (κ1) is 20.2. The molecule has 2 aromatic rings. The van der Waals surface area contributed by atoms with Gasteiger partial charge >= 0.3 is 5.97 Å². The van der Waals surface area contributed by atoms with E-state index in [4.69, 9.17) is 4.74 Å². The van der Waals surface area contributed by atoms with Crippen molar-refractivity contribution in [3.63, 3.8) is 0 Å². The number of fused-ring (bicyclic) bond motifs is 1. The standard InChI is InChI=1S/C24H23BrN2O4/c1-11-4-3-5-17(12(11)2)27-22(28)13-6-8-14(9-7-13)26-23(29)18-15-10-16-19(18)24(30)31-21(16)20(15)25/h3-9,15-16,18-21H,10H2,1-2H3,(H,26,29)(H,27,28)/t15-,16-,18-,19+,20+,21+/m1/s1. The number of anilines is 2. The molecule has 1 aliphatic heterocycles. The van der Waals surface area contributed by atoms with Crippen LogP contribution in [-0.2, 0) is 14.3 Å². The largest absolute Gasteiger partial charge is 0.461 e. The summed E-state index contributed by atoms with van der Waals surface area (Å²) in [6, 6.07) is 12.6. The average molecular weight is 483 g/mol. The van der Waals surface area contributed by atoms with Crippen LogP contribution in [0.5, 0.6) is 0 Å². The van der Waals surface area contributed by atoms with E-state index in [9.17, 15) is 14.4 Å². The van der Waals surface area contributed by atoms with Gasteiger partial charge in [-0.15, -0.1) is 0 Å². The third kappa shape index (κ3) is 3.26. The van der Waals surface area contributed by atoms with Crippen molar-refractivity contribution in [2.75, 3.05) is 10.6 Å². The van der Waals surface area contributed by atoms with Gasteiger partial charge < -0.3 is 15.4 Å². The summed E-state index contributed by atoms with van der Waals surface area (Å²) in [5, 5.41) is 5.86. The summed E-state index contributed by atoms with van der Waals surface area (Å²) in [4.78, 5) is 37.9. The molecule has 6 atom stereocenters. The number of ether oxygens (including phenoxy) is 1. The monoisotopic (exact) mass is 482 g/mol. The van der Waals surface area contributed by atoms with Gasteiger partial charge in [0.2, 0.25) is 5.91 Å². The Kier molecular flexibility index (Phi) is 4.88. The quantitative estimate of drug-likeness (QED) is 0.508. The molecule has 0 radical (unpaired) electrons. The second-order valence-corrected chi connectivity index (χ2v) is 9.79. The van der Waals surface area contributed by atoms with Crippen LogP contribution in [0.25, 0.3) is 0 Å². The Bertz CT molecular complexity index is 1080. The summed E-state index contributed by atoms with van der Waals surface area (Å²) in [6.45, 7) is 3.97. The van der Waals surface area contributed by atoms with Gasteiger partial charge in [0.25, 0.3) is 5.91 Å². The molecule has 3 aliphatic rings. The van der Waals surface area contributed by atoms with Crippen molar-refractivity contribution < 1.29 is 19.1 Å². The molecular weight excluding hydrogens is 460 g/mol. The van der Waals surface area contributed by atoms with Crippen molar-refractivity contribution in [2.24, 2.45) is 23.7 Å². The third-order valence-electron chi connectivity index (χ3n) is 7.09. The number of halogens is 1. The van der Waals surface area contributed by atoms with Crippen molar-refractivity contribution >= 4 is 45.1 Å². The average Bonchev–Trinajstić information content (AvgIpc) is 3.36. The van der Waals surface area contributed by atoms with Gasteiger partial charge in [-0.2, -0.15) is 0 Å². The van der Waals surface area contributed by atoms with Crippen molar-refractivity contribution in [3.05, 3.63) is 59.2 Å². The van der Waals surface area contributed by atoms with Crippen LogP contribution in [0, 0.1) is 37.5 Å². The highest BCUT2D eigenvalue weighted by Crippen LogP contribution is 2.60. The number of esters is 1. The Morgan fingerprint density at radius 3 is 2.52 bits per heavy atom. The van der Waals surface area contributed by atoms with Crippen LogP contribution in [-0.4, -0.2) is 28.7 Å². The van der Waals surface area contributed by atoms with Crippen molar-refractivity contribution in [2.45, 2.75) is 31.2 Å². The number of rotatable bonds is 4. The maximum absolute atomic E-state index is 13.0. The molecule has 2 aromatic carbocycles. The maximum atomic E-state index is 13.0. The van der Waals surface area contributed by atoms with E-state index in [-0.39, 0.29) is 52.4 Å². The lowest BCUT2D eigenvalue weighted by Crippen LogP contribution is -2.40. The SMILES string of the molecule is Cc1cccc(NC(=O)c2ccc(NC(=O)[C@@H]3[C@H]4C[C@H]5[C@H](OC(=O)[C@@H]53)[C@H]4Br)cc2)c1C. The van der Waals surface area contributed by atoms with E-state index < -0.39 is 0 Å². The number of carbonyl (C=O) groups excluding carboxylic acids is 3. The Balaban J connectivity index is 1.26. The Hall–Kier alpha value is -2.67. The van der Waals surface area contributed by atoms with Gasteiger partial charge in [-0.05, 0) is 67.6 Å². The number of amides is 2. The predicted molar refractivity (Wildman–Crippen MR) is 120 cm³/mol. The minimum absolute atomic E-state index is 0.0344. The van der Waals surface area contributed by atoms with E-state index in [0.29, 0.717) is 11.3 Å². The second-order valence-electron chi connectivity index (χ2n) is 8.73. The number of aryl methyl sites for hydroxylation is 1. The number of carbonyl (C=O) groups is 3. The first-order valence-electron chi connectivity index (χ1n) is 10.5. The molecule has 2 saturated carbocycles. The molecule has 5 rings (SSSR count). The number of nitrogens with one attached hydrogen (secondary N) is 2. The van der Waals surface area contributed by atoms with Gasteiger partial charge in [-0.25, -0.2) is 0 Å². The zero-order chi connectivity index (χ0) is 21.9. The Morgan fingerprint density at radius 2 is 1.77 bits per heavy atom. The van der Waals surface area contributed by atoms with Crippen LogP contribution < -0.4 is 10.6 Å². The maximum Gasteiger partial charge on any atom is 0.310 e. The molecule has 3 fully saturated rings. The number of alkyl halides is 1. The normalized spacial score (nSPS) is 30.2. The minimum Gasteiger partial charge on any atom is -0.461 e. The molecule has 0 aromatic heterocycles. The summed E-state index contributed by atoms with van der Waals surface area (Å²) in [5.41, 5.74) is 4.03. The molecule has 160 valence electrons. The summed E-state index contributed by atoms with van der Waals surface area (Å²) < 4.78 is 5.48. The molecule has 2 bridgehead atoms. The summed E-state index contributed by atoms with van der Waals surface area (Å²) in [5.74, 6) is -1.10. The van der Waals surface area contributed by atoms with Crippen LogP contribution in [0.2, 0.25) is 0 Å². The minimum atomic E-state index is -0.382. The molecule has 2 aliphatic carbocycles. The van der Waals surface area contributed by atoms with Crippen LogP contribution in [0.15, 0.2) is 42.5 Å². The van der Waals surface area contributed by atoms with Crippen molar-refractivity contribution in [1.29, 1.82) is 0 Å². The molecular formula is C24H23BrN2O4. The molecule has 0 spiro atoms. The zero-order valence-corrected chi connectivity index (χ0v) is 18.8. The third-order valence-corrected chi connectivity index (χ3v) is 8.29. The second kappa shape index (κ2) is 7.48. The van der Waals surface area contributed by atoms with Gasteiger partial charge in [0.1, 0.15) is 6.10 Å². The van der Waals surface area contributed by atoms with Gasteiger partial charge in [0, 0.05) is 22.9 Å². The van der Waals surface area contributed by atoms with Crippen LogP contribution in [0.1, 0.15) is 27.9 Å². The van der Waals surface area contributed by atoms with E-state index in [2.05, 4.69) is 26.6 Å². The van der Waals surface area contributed by atoms with Gasteiger partial charge in [0.15, 0.2) is 0 Å². The molecule has 31 heavy (non-hydrogen) atoms. The molecule has 1 saturated heterocycles. The molecule has 0 unspecified atom stereocenters. The summed E-state index contributed by atoms with van der Waals surface area (Å²) in [6.07, 6.45) is 0.744. The van der Waals surface area contributed by atoms with Crippen molar-refractivity contribution in [3.8, 4) is 0 Å². The summed E-state index contributed by atoms with van der Waals surface area (Å²) in [7, 11) is 0. The number of hydrogen-bond acceptors (Lipinski definition) is 4. The highest BCUT2D eigenvalue weighted by molar-refractivity contribution is 9.09. The first-order valence-corrected chi connectivity index (χ1v) is 11.4. The Morgan fingerprint density at radius 1 is 1.03 bits per heavy atom. The lowest BCUT2D eigenvalue weighted by Gasteiger charge is -2.27. The van der Waals surface area contributed by atoms with E-state index in [1.165, 1.54) is 0 Å². The van der Waals surface area contributed by atoms with Crippen LogP contribution >= 0.6 is 15.9 Å². The molecule has 6 nitrogen and oxygen atoms in total. The number of hydrogen-bond donors (Lipinski definition) is 2. The lowest BCUT2D eigenvalue weighted by molar-refractivity contribution is -0.145. The topological polar surface area (TPSA) is 84.5 Å². The fourth-order valence-electron chi connectivity index (χ4n) is 5.34. The van der Waals surface area contributed by atoms with Gasteiger partial charge in [0.05, 0.1) is 16.7 Å². The highest BCUT2D eigenvalue weighted by Gasteiger charge is 2.67. The van der Waals surface area contributed by atoms with E-state index >= 15 is 0 Å². The number of benzene rings is 2. The van der Waals surface area contributed by atoms with Crippen LogP contribution in [0.4, 0.5) is 11.4 Å². The fraction of sp³-hybridized carbons (Fsp3) is 0.375. The van der Waals surface area contributed by atoms with E-state index in [0.717, 1.165) is 23.2 Å². The van der Waals surface area contributed by atoms with Crippen molar-refractivity contribution in [1.82, 2.24) is 0 Å². The Labute approximate surface area is 188 Å². The van der Waals surface area contributed by atoms with E-state index in [1.54, 1.807) is 24.3 Å². The fourth-order valence-corrected chi connectivity index (χ4v) is 6.39. The highest BCUT2D eigenvalue weighted by atomic mass is 79.9. The first-order chi connectivity index (χ1) is 14.8. The lowest BCUT2D eigenvalue weighted by atomic mass is 9.79. The smallest absolute Gasteiger partial charge is 0.310 e. The van der Waals surface area contributed by atoms with Gasteiger partial charge in [-0.3, -0.25) is 14.4 Å². The molecule has 7 heteroatoms.